The quantitative estimate of drug-likeness (QED) is 0.118. The molecule has 37 heavy (non-hydrogen) atoms. The standard InChI is InChI=1S/C31H57NO4Si/c1-8-9-10-11-12-13-14-15-25-35-29-19-16-18-28(27-29)20-21-30(33)32(22-17-24-34-5)23-26-36-37(6,7)31(2,3)4/h16,18-19,27H,8-15,17,20-26H2,1-7H3. The summed E-state index contributed by atoms with van der Waals surface area (Å²) in [6.45, 7) is 16.9. The first-order valence-electron chi connectivity index (χ1n) is 14.7. The van der Waals surface area contributed by atoms with Gasteiger partial charge in [-0.05, 0) is 55.1 Å². The summed E-state index contributed by atoms with van der Waals surface area (Å²) >= 11 is 0. The molecule has 0 aliphatic carbocycles. The minimum atomic E-state index is -1.82. The van der Waals surface area contributed by atoms with Gasteiger partial charge in [0.25, 0.3) is 0 Å². The molecule has 0 saturated heterocycles. The second-order valence-corrected chi connectivity index (χ2v) is 16.6. The molecule has 0 unspecified atom stereocenters. The van der Waals surface area contributed by atoms with Crippen LogP contribution in [0.4, 0.5) is 0 Å². The molecule has 0 bridgehead atoms. The van der Waals surface area contributed by atoms with Gasteiger partial charge in [0.05, 0.1) is 13.2 Å². The van der Waals surface area contributed by atoms with Gasteiger partial charge in [0.15, 0.2) is 8.32 Å². The molecule has 0 aliphatic rings. The molecule has 0 saturated carbocycles. The van der Waals surface area contributed by atoms with Crippen molar-refractivity contribution in [2.45, 2.75) is 116 Å². The largest absolute Gasteiger partial charge is 0.494 e. The van der Waals surface area contributed by atoms with Gasteiger partial charge in [0.2, 0.25) is 5.91 Å². The van der Waals surface area contributed by atoms with E-state index in [2.05, 4.69) is 52.9 Å². The zero-order valence-corrected chi connectivity index (χ0v) is 26.2. The van der Waals surface area contributed by atoms with Gasteiger partial charge in [-0.25, -0.2) is 0 Å². The van der Waals surface area contributed by atoms with Gasteiger partial charge in [-0.15, -0.1) is 0 Å². The zero-order chi connectivity index (χ0) is 27.6. The fraction of sp³-hybridized carbons (Fsp3) is 0.774. The fourth-order valence-corrected chi connectivity index (χ4v) is 5.05. The third-order valence-corrected chi connectivity index (χ3v) is 12.1. The minimum absolute atomic E-state index is 0.166. The summed E-state index contributed by atoms with van der Waals surface area (Å²) in [6.07, 6.45) is 12.4. The number of carbonyl (C=O) groups is 1. The van der Waals surface area contributed by atoms with E-state index in [4.69, 9.17) is 13.9 Å². The summed E-state index contributed by atoms with van der Waals surface area (Å²) in [4.78, 5) is 15.1. The van der Waals surface area contributed by atoms with Crippen molar-refractivity contribution in [3.8, 4) is 5.75 Å². The third-order valence-electron chi connectivity index (χ3n) is 7.55. The highest BCUT2D eigenvalue weighted by Crippen LogP contribution is 2.36. The van der Waals surface area contributed by atoms with Crippen LogP contribution in [0.3, 0.4) is 0 Å². The number of benzene rings is 1. The molecule has 1 amide bonds. The number of nitrogens with zero attached hydrogens (tertiary/aromatic N) is 1. The number of carbonyl (C=O) groups excluding carboxylic acids is 1. The molecule has 0 aromatic heterocycles. The van der Waals surface area contributed by atoms with Gasteiger partial charge in [-0.2, -0.15) is 0 Å². The van der Waals surface area contributed by atoms with Gasteiger partial charge >= 0.3 is 0 Å². The molecule has 1 aromatic rings. The topological polar surface area (TPSA) is 48.0 Å². The number of hydrogen-bond donors (Lipinski definition) is 0. The molecular weight excluding hydrogens is 478 g/mol. The van der Waals surface area contributed by atoms with Gasteiger partial charge < -0.3 is 18.8 Å². The number of aryl methyl sites for hydroxylation is 1. The summed E-state index contributed by atoms with van der Waals surface area (Å²) in [5.74, 6) is 1.09. The van der Waals surface area contributed by atoms with Crippen molar-refractivity contribution in [1.82, 2.24) is 4.90 Å². The lowest BCUT2D eigenvalue weighted by molar-refractivity contribution is -0.131. The Morgan fingerprint density at radius 1 is 0.892 bits per heavy atom. The van der Waals surface area contributed by atoms with E-state index in [0.717, 1.165) is 37.2 Å². The van der Waals surface area contributed by atoms with Gasteiger partial charge in [-0.3, -0.25) is 4.79 Å². The Labute approximate surface area is 229 Å². The first-order chi connectivity index (χ1) is 17.6. The van der Waals surface area contributed by atoms with Crippen LogP contribution in [0.25, 0.3) is 0 Å². The maximum atomic E-state index is 13.1. The Bertz CT molecular complexity index is 732. The molecule has 6 heteroatoms. The van der Waals surface area contributed by atoms with E-state index >= 15 is 0 Å². The maximum absolute atomic E-state index is 13.1. The van der Waals surface area contributed by atoms with Gasteiger partial charge in [-0.1, -0.05) is 84.8 Å². The summed E-state index contributed by atoms with van der Waals surface area (Å²) in [6, 6.07) is 8.23. The molecule has 0 aliphatic heterocycles. The average molecular weight is 536 g/mol. The Balaban J connectivity index is 2.46. The van der Waals surface area contributed by atoms with E-state index in [1.807, 2.05) is 17.0 Å². The fourth-order valence-electron chi connectivity index (χ4n) is 4.01. The molecule has 0 fully saturated rings. The predicted octanol–water partition coefficient (Wildman–Crippen LogP) is 8.03. The Hall–Kier alpha value is -1.37. The highest BCUT2D eigenvalue weighted by atomic mass is 28.4. The normalized spacial score (nSPS) is 12.1. The molecule has 1 aromatic carbocycles. The van der Waals surface area contributed by atoms with Crippen molar-refractivity contribution in [1.29, 1.82) is 0 Å². The van der Waals surface area contributed by atoms with Crippen LogP contribution in [0.15, 0.2) is 24.3 Å². The predicted molar refractivity (Wildman–Crippen MR) is 159 cm³/mol. The van der Waals surface area contributed by atoms with Crippen molar-refractivity contribution in [2.75, 3.05) is 40.0 Å². The molecule has 1 rings (SSSR count). The minimum Gasteiger partial charge on any atom is -0.494 e. The molecule has 0 radical (unpaired) electrons. The summed E-state index contributed by atoms with van der Waals surface area (Å²) in [5.41, 5.74) is 1.15. The van der Waals surface area contributed by atoms with Crippen LogP contribution >= 0.6 is 0 Å². The lowest BCUT2D eigenvalue weighted by atomic mass is 10.1. The van der Waals surface area contributed by atoms with Crippen LogP contribution in [0, 0.1) is 0 Å². The summed E-state index contributed by atoms with van der Waals surface area (Å²) < 4.78 is 17.6. The van der Waals surface area contributed by atoms with Crippen molar-refractivity contribution < 1.29 is 18.7 Å². The molecule has 0 spiro atoms. The van der Waals surface area contributed by atoms with Gasteiger partial charge in [0.1, 0.15) is 5.75 Å². The highest BCUT2D eigenvalue weighted by Gasteiger charge is 2.37. The van der Waals surface area contributed by atoms with Crippen LogP contribution in [0.2, 0.25) is 18.1 Å². The van der Waals surface area contributed by atoms with Crippen molar-refractivity contribution in [3.63, 3.8) is 0 Å². The van der Waals surface area contributed by atoms with E-state index < -0.39 is 8.32 Å². The molecule has 5 nitrogen and oxygen atoms in total. The van der Waals surface area contributed by atoms with E-state index in [1.165, 1.54) is 44.9 Å². The van der Waals surface area contributed by atoms with E-state index in [1.54, 1.807) is 7.11 Å². The zero-order valence-electron chi connectivity index (χ0n) is 25.2. The number of methoxy groups -OCH3 is 1. The van der Waals surface area contributed by atoms with Crippen LogP contribution in [-0.2, 0) is 20.4 Å². The molecule has 0 atom stereocenters. The number of rotatable bonds is 21. The molecule has 0 N–H and O–H groups in total. The first-order valence-corrected chi connectivity index (χ1v) is 17.6. The first kappa shape index (κ1) is 33.7. The van der Waals surface area contributed by atoms with E-state index in [9.17, 15) is 4.79 Å². The van der Waals surface area contributed by atoms with Crippen LogP contribution in [0.1, 0.15) is 97.5 Å². The van der Waals surface area contributed by atoms with Crippen molar-refractivity contribution in [2.24, 2.45) is 0 Å². The van der Waals surface area contributed by atoms with Crippen LogP contribution in [-0.4, -0.2) is 59.1 Å². The number of ether oxygens (including phenoxy) is 2. The van der Waals surface area contributed by atoms with Crippen molar-refractivity contribution >= 4 is 14.2 Å². The van der Waals surface area contributed by atoms with Crippen molar-refractivity contribution in [3.05, 3.63) is 29.8 Å². The van der Waals surface area contributed by atoms with E-state index in [-0.39, 0.29) is 10.9 Å². The Kier molecular flexibility index (Phi) is 17.1. The number of hydrogen-bond acceptors (Lipinski definition) is 4. The maximum Gasteiger partial charge on any atom is 0.222 e. The number of unbranched alkanes of at least 4 members (excludes halogenated alkanes) is 7. The van der Waals surface area contributed by atoms with Crippen LogP contribution < -0.4 is 4.74 Å². The smallest absolute Gasteiger partial charge is 0.222 e. The Morgan fingerprint density at radius 3 is 2.22 bits per heavy atom. The van der Waals surface area contributed by atoms with Gasteiger partial charge in [0, 0.05) is 33.2 Å². The third kappa shape index (κ3) is 15.0. The lowest BCUT2D eigenvalue weighted by Crippen LogP contribution is -2.43. The highest BCUT2D eigenvalue weighted by molar-refractivity contribution is 6.74. The SMILES string of the molecule is CCCCCCCCCCOc1cccc(CCC(=O)N(CCCOC)CCO[Si](C)(C)C(C)(C)C)c1. The van der Waals surface area contributed by atoms with E-state index in [0.29, 0.717) is 32.7 Å². The summed E-state index contributed by atoms with van der Waals surface area (Å²) in [7, 11) is -0.120. The Morgan fingerprint density at radius 2 is 1.57 bits per heavy atom. The molecular formula is C31H57NO4Si. The van der Waals surface area contributed by atoms with Crippen LogP contribution in [0.5, 0.6) is 5.75 Å². The average Bonchev–Trinajstić information content (AvgIpc) is 2.85. The second-order valence-electron chi connectivity index (χ2n) is 11.8. The second kappa shape index (κ2) is 18.8. The monoisotopic (exact) mass is 535 g/mol. The molecule has 0 heterocycles. The summed E-state index contributed by atoms with van der Waals surface area (Å²) in [5, 5.41) is 0.166. The molecule has 214 valence electrons. The lowest BCUT2D eigenvalue weighted by Gasteiger charge is -2.37. The number of amides is 1.